The zero-order valence-corrected chi connectivity index (χ0v) is 41.8. The largest absolute Gasteiger partial charge is 0.370 e. The summed E-state index contributed by atoms with van der Waals surface area (Å²) in [6.45, 7) is 0.625. The highest BCUT2D eigenvalue weighted by atomic mass is 16.2. The molecule has 0 aliphatic rings. The third kappa shape index (κ3) is 22.9. The highest BCUT2D eigenvalue weighted by molar-refractivity contribution is 6.06. The Morgan fingerprint density at radius 2 is 0.789 bits per heavy atom. The van der Waals surface area contributed by atoms with Crippen LogP contribution in [0.2, 0.25) is 0 Å². The first kappa shape index (κ1) is 60.8. The number of aromatic nitrogens is 3. The van der Waals surface area contributed by atoms with Crippen LogP contribution in [0.15, 0.2) is 42.5 Å². The number of aromatic amines is 1. The van der Waals surface area contributed by atoms with Crippen molar-refractivity contribution in [2.75, 3.05) is 38.0 Å². The third-order valence-electron chi connectivity index (χ3n) is 11.1. The van der Waals surface area contributed by atoms with Crippen molar-refractivity contribution in [2.45, 2.75) is 94.4 Å². The Kier molecular flexibility index (Phi) is 25.5. The predicted octanol–water partition coefficient (Wildman–Crippen LogP) is -4.95. The molecule has 414 valence electrons. The Hall–Kier alpha value is -9.52. The Labute approximate surface area is 436 Å². The van der Waals surface area contributed by atoms with Crippen LogP contribution in [0.25, 0.3) is 11.0 Å². The molecule has 3 rings (SSSR count). The van der Waals surface area contributed by atoms with Crippen molar-refractivity contribution in [3.05, 3.63) is 53.6 Å². The fraction of sp³-hybridized carbons (Fsp3) is 0.455. The molecule has 0 aliphatic carbocycles. The van der Waals surface area contributed by atoms with E-state index in [4.69, 9.17) is 61.4 Å². The van der Waals surface area contributed by atoms with Gasteiger partial charge in [-0.25, -0.2) is 0 Å². The molecule has 0 radical (unpaired) electrons. The molecule has 7 amide bonds. The lowest BCUT2D eigenvalue weighted by molar-refractivity contribution is -0.135. The van der Waals surface area contributed by atoms with E-state index in [9.17, 15) is 33.6 Å². The van der Waals surface area contributed by atoms with Gasteiger partial charge in [0.05, 0.1) is 5.52 Å². The third-order valence-corrected chi connectivity index (χ3v) is 11.1. The first-order valence-electron chi connectivity index (χ1n) is 24.1. The van der Waals surface area contributed by atoms with Gasteiger partial charge in [0.15, 0.2) is 29.8 Å². The van der Waals surface area contributed by atoms with E-state index in [-0.39, 0.29) is 132 Å². The molecule has 2 aromatic carbocycles. The molecule has 32 heteroatoms. The van der Waals surface area contributed by atoms with Gasteiger partial charge in [-0.3, -0.25) is 65.7 Å². The van der Waals surface area contributed by atoms with Gasteiger partial charge in [-0.15, -0.1) is 5.10 Å². The van der Waals surface area contributed by atoms with E-state index in [1.54, 1.807) is 18.2 Å². The van der Waals surface area contributed by atoms with Crippen molar-refractivity contribution in [1.82, 2.24) is 68.6 Å². The van der Waals surface area contributed by atoms with Crippen LogP contribution in [-0.4, -0.2) is 149 Å². The molecule has 0 bridgehead atoms. The minimum absolute atomic E-state index is 0.0203. The summed E-state index contributed by atoms with van der Waals surface area (Å²) >= 11 is 0. The van der Waals surface area contributed by atoms with Gasteiger partial charge in [-0.2, -0.15) is 0 Å². The van der Waals surface area contributed by atoms with Crippen molar-refractivity contribution < 1.29 is 33.6 Å². The number of fused-ring (bicyclic) bond motifs is 1. The number of nitrogens with two attached hydrogens (primary N) is 6. The molecular weight excluding hydrogens is 991 g/mol. The summed E-state index contributed by atoms with van der Waals surface area (Å²) in [5.41, 5.74) is 34.6. The smallest absolute Gasteiger partial charge is 0.255 e. The second-order valence-corrected chi connectivity index (χ2v) is 17.2. The molecule has 1 aromatic heterocycles. The van der Waals surface area contributed by atoms with Crippen LogP contribution in [0.3, 0.4) is 0 Å². The quantitative estimate of drug-likeness (QED) is 0.0154. The number of benzene rings is 2. The van der Waals surface area contributed by atoms with Crippen molar-refractivity contribution in [3.8, 4) is 0 Å². The number of amides is 7. The first-order chi connectivity index (χ1) is 36.1. The van der Waals surface area contributed by atoms with Gasteiger partial charge < -0.3 is 92.9 Å². The maximum absolute atomic E-state index is 14.4. The average Bonchev–Trinajstić information content (AvgIpc) is 3.84. The van der Waals surface area contributed by atoms with E-state index in [0.717, 1.165) is 0 Å². The highest BCUT2D eigenvalue weighted by Gasteiger charge is 2.32. The van der Waals surface area contributed by atoms with Gasteiger partial charge >= 0.3 is 0 Å². The molecule has 0 unspecified atom stereocenters. The molecule has 0 saturated heterocycles. The summed E-state index contributed by atoms with van der Waals surface area (Å²) in [7, 11) is 0. The monoisotopic (exact) mass is 1060 g/mol. The topological polar surface area (TPSA) is 569 Å². The van der Waals surface area contributed by atoms with Gasteiger partial charge in [-0.05, 0) is 107 Å². The number of carbonyl (C=O) groups excluding carboxylic acids is 7. The molecule has 32 nitrogen and oxygen atoms in total. The van der Waals surface area contributed by atoms with Crippen LogP contribution in [0.5, 0.6) is 0 Å². The molecule has 5 atom stereocenters. The number of hydrogen-bond donors (Lipinski definition) is 23. The van der Waals surface area contributed by atoms with Gasteiger partial charge in [-0.1, -0.05) is 5.21 Å². The normalized spacial score (nSPS) is 12.6. The van der Waals surface area contributed by atoms with Crippen LogP contribution >= 0.6 is 0 Å². The molecule has 0 spiro atoms. The van der Waals surface area contributed by atoms with E-state index in [0.29, 0.717) is 22.3 Å². The molecule has 76 heavy (non-hydrogen) atoms. The van der Waals surface area contributed by atoms with E-state index in [2.05, 4.69) is 73.9 Å². The van der Waals surface area contributed by atoms with Crippen LogP contribution in [-0.2, 0) is 24.0 Å². The van der Waals surface area contributed by atoms with Crippen molar-refractivity contribution in [3.63, 3.8) is 0 Å². The summed E-state index contributed by atoms with van der Waals surface area (Å²) in [6, 6.07) is 4.03. The molecular formula is C44H71N25O7. The molecule has 0 aliphatic heterocycles. The minimum atomic E-state index is -1.40. The Bertz CT molecular complexity index is 2520. The number of primary amides is 1. The lowest BCUT2D eigenvalue weighted by atomic mass is 10.0. The fourth-order valence-electron chi connectivity index (χ4n) is 7.23. The van der Waals surface area contributed by atoms with Gasteiger partial charge in [0.25, 0.3) is 11.8 Å². The second-order valence-electron chi connectivity index (χ2n) is 17.2. The second kappa shape index (κ2) is 31.8. The standard InChI is InChI=1S/C44H71N25O7/c45-33(70)27(6-1-17-56-40(46)47)62-36(73)29(8-3-19-58-42(50)51)64-38(75)31(10-5-21-60-44(54)55)66-39(76)30(9-4-20-59-43(52)53)65-37(74)28(7-2-18-57-41(48)49)63-34(71)23-11-14-25(15-12-23)61-35(72)24-13-16-26-32(22-24)68-69-67-26/h11-16,22,27-31H,1-10,17-21H2,(H2,45,70)(H,61,72)(H,62,73)(H,63,71)(H,64,75)(H,65,74)(H,66,76)(H4,46,47,56)(H4,48,49,57)(H4,50,51,58)(H4,52,53,59)(H4,54,55,60)(H,67,68,69)/t27-,28-,29-,30-,31-/m0/s1. The summed E-state index contributed by atoms with van der Waals surface area (Å²) in [6.07, 6.45) is 0.730. The number of nitrogens with one attached hydrogen (secondary N) is 17. The lowest BCUT2D eigenvalue weighted by Gasteiger charge is -2.27. The zero-order chi connectivity index (χ0) is 56.2. The molecule has 0 saturated carbocycles. The highest BCUT2D eigenvalue weighted by Crippen LogP contribution is 2.16. The maximum Gasteiger partial charge on any atom is 0.255 e. The Balaban J connectivity index is 1.88. The molecule has 0 fully saturated rings. The molecule has 29 N–H and O–H groups in total. The van der Waals surface area contributed by atoms with Crippen LogP contribution in [0, 0.1) is 27.0 Å². The lowest BCUT2D eigenvalue weighted by Crippen LogP contribution is -2.59. The number of rotatable bonds is 33. The number of anilines is 1. The van der Waals surface area contributed by atoms with Crippen molar-refractivity contribution in [1.29, 1.82) is 27.0 Å². The van der Waals surface area contributed by atoms with Crippen molar-refractivity contribution >= 4 is 87.9 Å². The van der Waals surface area contributed by atoms with Gasteiger partial charge in [0.2, 0.25) is 29.5 Å². The van der Waals surface area contributed by atoms with E-state index >= 15 is 0 Å². The summed E-state index contributed by atoms with van der Waals surface area (Å²) in [5.74, 6) is -7.05. The summed E-state index contributed by atoms with van der Waals surface area (Å²) in [4.78, 5) is 95.7. The SMILES string of the molecule is N=C(N)NCCC[C@H](NC(=O)[C@H](CCCNC(=N)N)NC(=O)[C@H](CCCNC(=N)N)NC(=O)[C@H](CCCNC(=N)N)NC(=O)[C@H](CCCNC(=N)N)NC(=O)c1ccc(NC(=O)c2ccc3[nH]nnc3c2)cc1)C(N)=O. The average molecular weight is 1060 g/mol. The first-order valence-corrected chi connectivity index (χ1v) is 24.1. The number of nitrogens with zero attached hydrogens (tertiary/aromatic N) is 2. The zero-order valence-electron chi connectivity index (χ0n) is 41.8. The van der Waals surface area contributed by atoms with E-state index < -0.39 is 71.6 Å². The number of hydrogen-bond acceptors (Lipinski definition) is 14. The molecule has 1 heterocycles. The van der Waals surface area contributed by atoms with Crippen molar-refractivity contribution in [2.24, 2.45) is 34.4 Å². The van der Waals surface area contributed by atoms with Crippen LogP contribution in [0.1, 0.15) is 84.9 Å². The Morgan fingerprint density at radius 3 is 1.16 bits per heavy atom. The fourth-order valence-corrected chi connectivity index (χ4v) is 7.23. The number of guanidine groups is 5. The summed E-state index contributed by atoms with van der Waals surface area (Å²) in [5, 5.41) is 76.8. The number of carbonyl (C=O) groups is 7. The van der Waals surface area contributed by atoms with Crippen LogP contribution < -0.4 is 92.9 Å². The van der Waals surface area contributed by atoms with E-state index in [1.807, 2.05) is 0 Å². The maximum atomic E-state index is 14.4. The Morgan fingerprint density at radius 1 is 0.447 bits per heavy atom. The summed E-state index contributed by atoms with van der Waals surface area (Å²) < 4.78 is 0. The van der Waals surface area contributed by atoms with Gasteiger partial charge in [0.1, 0.15) is 35.7 Å². The van der Waals surface area contributed by atoms with E-state index in [1.165, 1.54) is 24.3 Å². The van der Waals surface area contributed by atoms with Gasteiger partial charge in [0, 0.05) is 49.5 Å². The number of H-pyrrole nitrogens is 1. The minimum Gasteiger partial charge on any atom is -0.370 e. The molecule has 3 aromatic rings. The van der Waals surface area contributed by atoms with Crippen LogP contribution in [0.4, 0.5) is 5.69 Å². The predicted molar refractivity (Wildman–Crippen MR) is 282 cm³/mol.